The van der Waals surface area contributed by atoms with Crippen LogP contribution in [0.25, 0.3) is 10.9 Å². The van der Waals surface area contributed by atoms with Gasteiger partial charge in [0.25, 0.3) is 0 Å². The second-order valence-electron chi connectivity index (χ2n) is 4.77. The first-order valence-electron chi connectivity index (χ1n) is 6.09. The smallest absolute Gasteiger partial charge is 0.306 e. The molecule has 0 aliphatic heterocycles. The maximum atomic E-state index is 11.1. The fourth-order valence-corrected chi connectivity index (χ4v) is 2.74. The van der Waals surface area contributed by atoms with Crippen LogP contribution in [0.4, 0.5) is 0 Å². The monoisotopic (exact) mass is 245 g/mol. The minimum atomic E-state index is -0.691. The number of nitrogens with one attached hydrogen (secondary N) is 1. The van der Waals surface area contributed by atoms with Crippen LogP contribution in [0.3, 0.4) is 0 Å². The number of carboxylic acids is 1. The fraction of sp³-hybridized carbons (Fsp3) is 0.357. The minimum Gasteiger partial charge on any atom is -0.497 e. The Kier molecular flexibility index (Phi) is 2.51. The first-order valence-corrected chi connectivity index (χ1v) is 6.09. The van der Waals surface area contributed by atoms with Gasteiger partial charge in [-0.15, -0.1) is 0 Å². The van der Waals surface area contributed by atoms with Gasteiger partial charge in [-0.2, -0.15) is 0 Å². The van der Waals surface area contributed by atoms with Crippen LogP contribution in [-0.4, -0.2) is 23.2 Å². The molecule has 0 radical (unpaired) electrons. The number of methoxy groups -OCH3 is 1. The molecular formula is C14H15NO3. The van der Waals surface area contributed by atoms with Crippen molar-refractivity contribution in [1.82, 2.24) is 4.98 Å². The maximum absolute atomic E-state index is 11.1. The number of H-pyrrole nitrogens is 1. The Morgan fingerprint density at radius 2 is 2.33 bits per heavy atom. The van der Waals surface area contributed by atoms with Crippen molar-refractivity contribution in [2.45, 2.75) is 19.3 Å². The molecule has 1 aliphatic rings. The third-order valence-corrected chi connectivity index (χ3v) is 3.74. The molecule has 0 fully saturated rings. The molecule has 3 rings (SSSR count). The Hall–Kier alpha value is -1.97. The van der Waals surface area contributed by atoms with E-state index in [0.717, 1.165) is 28.6 Å². The number of carbonyl (C=O) groups is 1. The van der Waals surface area contributed by atoms with Crippen molar-refractivity contribution in [1.29, 1.82) is 0 Å². The van der Waals surface area contributed by atoms with Crippen molar-refractivity contribution < 1.29 is 14.6 Å². The van der Waals surface area contributed by atoms with Gasteiger partial charge in [0.15, 0.2) is 0 Å². The van der Waals surface area contributed by atoms with Crippen LogP contribution >= 0.6 is 0 Å². The molecule has 4 nitrogen and oxygen atoms in total. The van der Waals surface area contributed by atoms with Crippen molar-refractivity contribution >= 4 is 16.9 Å². The Morgan fingerprint density at radius 1 is 1.50 bits per heavy atom. The minimum absolute atomic E-state index is 0.251. The van der Waals surface area contributed by atoms with E-state index in [0.29, 0.717) is 12.8 Å². The molecule has 0 saturated heterocycles. The topological polar surface area (TPSA) is 62.3 Å². The van der Waals surface area contributed by atoms with Crippen LogP contribution in [0, 0.1) is 5.92 Å². The normalized spacial score (nSPS) is 18.6. The van der Waals surface area contributed by atoms with Crippen LogP contribution in [-0.2, 0) is 17.6 Å². The summed E-state index contributed by atoms with van der Waals surface area (Å²) in [6, 6.07) is 5.89. The molecule has 1 heterocycles. The summed E-state index contributed by atoms with van der Waals surface area (Å²) in [5.41, 5.74) is 3.37. The van der Waals surface area contributed by atoms with Gasteiger partial charge in [-0.25, -0.2) is 0 Å². The molecule has 4 heteroatoms. The molecule has 1 unspecified atom stereocenters. The van der Waals surface area contributed by atoms with E-state index in [1.165, 1.54) is 5.69 Å². The highest BCUT2D eigenvalue weighted by Crippen LogP contribution is 2.33. The second kappa shape index (κ2) is 4.05. The summed E-state index contributed by atoms with van der Waals surface area (Å²) in [4.78, 5) is 14.5. The maximum Gasteiger partial charge on any atom is 0.306 e. The van der Waals surface area contributed by atoms with Gasteiger partial charge >= 0.3 is 5.97 Å². The van der Waals surface area contributed by atoms with E-state index in [-0.39, 0.29) is 5.92 Å². The first-order chi connectivity index (χ1) is 8.69. The second-order valence-corrected chi connectivity index (χ2v) is 4.77. The number of fused-ring (bicyclic) bond motifs is 3. The summed E-state index contributed by atoms with van der Waals surface area (Å²) < 4.78 is 5.20. The first kappa shape index (κ1) is 11.1. The van der Waals surface area contributed by atoms with Crippen LogP contribution in [0.5, 0.6) is 5.75 Å². The molecule has 2 N–H and O–H groups in total. The zero-order chi connectivity index (χ0) is 12.7. The van der Waals surface area contributed by atoms with Crippen molar-refractivity contribution in [2.75, 3.05) is 7.11 Å². The number of hydrogen-bond donors (Lipinski definition) is 2. The van der Waals surface area contributed by atoms with Gasteiger partial charge in [-0.1, -0.05) is 0 Å². The lowest BCUT2D eigenvalue weighted by molar-refractivity contribution is -0.142. The average molecular weight is 245 g/mol. The molecule has 2 aromatic rings. The van der Waals surface area contributed by atoms with Gasteiger partial charge in [-0.3, -0.25) is 4.79 Å². The van der Waals surface area contributed by atoms with Gasteiger partial charge in [0.2, 0.25) is 0 Å². The van der Waals surface area contributed by atoms with Crippen molar-refractivity contribution in [3.05, 3.63) is 29.5 Å². The lowest BCUT2D eigenvalue weighted by Gasteiger charge is -2.18. The van der Waals surface area contributed by atoms with Crippen LogP contribution in [0.15, 0.2) is 18.2 Å². The van der Waals surface area contributed by atoms with Crippen molar-refractivity contribution in [2.24, 2.45) is 5.92 Å². The van der Waals surface area contributed by atoms with E-state index in [4.69, 9.17) is 9.84 Å². The largest absolute Gasteiger partial charge is 0.497 e. The molecule has 0 amide bonds. The lowest BCUT2D eigenvalue weighted by Crippen LogP contribution is -2.21. The predicted octanol–water partition coefficient (Wildman–Crippen LogP) is 2.37. The molecule has 0 saturated carbocycles. The molecule has 1 atom stereocenters. The molecule has 0 spiro atoms. The molecule has 0 bridgehead atoms. The van der Waals surface area contributed by atoms with Crippen molar-refractivity contribution in [3.8, 4) is 5.75 Å². The number of rotatable bonds is 2. The van der Waals surface area contributed by atoms with Gasteiger partial charge < -0.3 is 14.8 Å². The standard InChI is InChI=1S/C14H15NO3/c1-18-9-3-4-10-11-6-8(14(16)17)2-5-12(11)15-13(10)7-9/h3-4,7-8,15H,2,5-6H2,1H3,(H,16,17). The van der Waals surface area contributed by atoms with Gasteiger partial charge in [0.1, 0.15) is 5.75 Å². The molecule has 1 aliphatic carbocycles. The fourth-order valence-electron chi connectivity index (χ4n) is 2.74. The summed E-state index contributed by atoms with van der Waals surface area (Å²) in [5.74, 6) is -0.127. The Balaban J connectivity index is 2.08. The number of ether oxygens (including phenoxy) is 1. The molecule has 1 aromatic carbocycles. The van der Waals surface area contributed by atoms with E-state index < -0.39 is 5.97 Å². The van der Waals surface area contributed by atoms with Gasteiger partial charge in [0, 0.05) is 22.7 Å². The van der Waals surface area contributed by atoms with E-state index >= 15 is 0 Å². The van der Waals surface area contributed by atoms with Crippen LogP contribution in [0.2, 0.25) is 0 Å². The number of hydrogen-bond acceptors (Lipinski definition) is 2. The summed E-state index contributed by atoms with van der Waals surface area (Å²) >= 11 is 0. The van der Waals surface area contributed by atoms with E-state index in [1.54, 1.807) is 7.11 Å². The Morgan fingerprint density at radius 3 is 3.06 bits per heavy atom. The zero-order valence-corrected chi connectivity index (χ0v) is 10.2. The SMILES string of the molecule is COc1ccc2c3c([nH]c2c1)CCC(C(=O)O)C3. The van der Waals surface area contributed by atoms with Crippen LogP contribution in [0.1, 0.15) is 17.7 Å². The highest BCUT2D eigenvalue weighted by molar-refractivity contribution is 5.87. The summed E-state index contributed by atoms with van der Waals surface area (Å²) in [7, 11) is 1.64. The highest BCUT2D eigenvalue weighted by atomic mass is 16.5. The van der Waals surface area contributed by atoms with Crippen LogP contribution < -0.4 is 4.74 Å². The van der Waals surface area contributed by atoms with Crippen molar-refractivity contribution in [3.63, 3.8) is 0 Å². The molecule has 94 valence electrons. The Bertz CT molecular complexity index is 615. The third kappa shape index (κ3) is 1.65. The molecule has 1 aromatic heterocycles. The molecule has 18 heavy (non-hydrogen) atoms. The number of carboxylic acid groups (broad SMARTS) is 1. The summed E-state index contributed by atoms with van der Waals surface area (Å²) in [6.07, 6.45) is 2.15. The van der Waals surface area contributed by atoms with E-state index in [1.807, 2.05) is 18.2 Å². The third-order valence-electron chi connectivity index (χ3n) is 3.74. The average Bonchev–Trinajstić information content (AvgIpc) is 2.74. The zero-order valence-electron chi connectivity index (χ0n) is 10.2. The molecular weight excluding hydrogens is 230 g/mol. The highest BCUT2D eigenvalue weighted by Gasteiger charge is 2.26. The van der Waals surface area contributed by atoms with Gasteiger partial charge in [0.05, 0.1) is 13.0 Å². The number of aromatic amines is 1. The Labute approximate surface area is 105 Å². The number of aryl methyl sites for hydroxylation is 1. The van der Waals surface area contributed by atoms with Gasteiger partial charge in [-0.05, 0) is 37.0 Å². The van der Waals surface area contributed by atoms with E-state index in [9.17, 15) is 4.79 Å². The number of aliphatic carboxylic acids is 1. The predicted molar refractivity (Wildman–Crippen MR) is 68.0 cm³/mol. The quantitative estimate of drug-likeness (QED) is 0.853. The van der Waals surface area contributed by atoms with E-state index in [2.05, 4.69) is 4.98 Å². The number of aromatic nitrogens is 1. The lowest BCUT2D eigenvalue weighted by atomic mass is 9.86. The summed E-state index contributed by atoms with van der Waals surface area (Å²) in [6.45, 7) is 0. The number of benzene rings is 1. The summed E-state index contributed by atoms with van der Waals surface area (Å²) in [5, 5.41) is 10.2.